The Kier molecular flexibility index (Phi) is 6.09. The van der Waals surface area contributed by atoms with Crippen molar-refractivity contribution in [2.45, 2.75) is 26.9 Å². The van der Waals surface area contributed by atoms with Gasteiger partial charge in [0.25, 0.3) is 5.56 Å². The van der Waals surface area contributed by atoms with E-state index in [1.165, 1.54) is 15.9 Å². The predicted octanol–water partition coefficient (Wildman–Crippen LogP) is 5.31. The monoisotopic (exact) mass is 519 g/mol. The fraction of sp³-hybridized carbons (Fsp3) is 0.133. The first-order chi connectivity index (χ1) is 18.4. The van der Waals surface area contributed by atoms with E-state index in [0.717, 1.165) is 39.4 Å². The molecule has 6 aromatic rings. The summed E-state index contributed by atoms with van der Waals surface area (Å²) >= 11 is 1.32. The predicted molar refractivity (Wildman–Crippen MR) is 151 cm³/mol. The summed E-state index contributed by atoms with van der Waals surface area (Å²) in [6.45, 7) is 6.03. The Morgan fingerprint density at radius 2 is 1.61 bits per heavy atom. The van der Waals surface area contributed by atoms with Crippen molar-refractivity contribution in [2.24, 2.45) is 0 Å². The first-order valence-corrected chi connectivity index (χ1v) is 13.2. The van der Waals surface area contributed by atoms with Gasteiger partial charge in [0.15, 0.2) is 5.82 Å². The van der Waals surface area contributed by atoms with E-state index in [4.69, 9.17) is 9.84 Å². The van der Waals surface area contributed by atoms with Crippen LogP contribution in [0.3, 0.4) is 0 Å². The molecule has 0 N–H and O–H groups in total. The molecule has 0 aliphatic rings. The van der Waals surface area contributed by atoms with Crippen LogP contribution in [-0.2, 0) is 0 Å². The Hall–Kier alpha value is -4.56. The fourth-order valence-electron chi connectivity index (χ4n) is 4.19. The van der Waals surface area contributed by atoms with Gasteiger partial charge >= 0.3 is 0 Å². The van der Waals surface area contributed by atoms with Crippen LogP contribution in [-0.4, -0.2) is 30.5 Å². The SMILES string of the molecule is Cc1ccc(-c2nc3sc(=Cc4cn(-c5ccccc5)nc4-c4ccc(OC(C)C)cc4)c(=O)n3n2)cc1. The van der Waals surface area contributed by atoms with E-state index in [9.17, 15) is 4.79 Å². The molecule has 3 aromatic heterocycles. The molecule has 7 nitrogen and oxygen atoms in total. The van der Waals surface area contributed by atoms with Gasteiger partial charge in [0.1, 0.15) is 11.4 Å². The highest BCUT2D eigenvalue weighted by atomic mass is 32.1. The van der Waals surface area contributed by atoms with Gasteiger partial charge in [-0.15, -0.1) is 5.10 Å². The lowest BCUT2D eigenvalue weighted by Crippen LogP contribution is -2.23. The normalized spacial score (nSPS) is 12.1. The van der Waals surface area contributed by atoms with Gasteiger partial charge in [0.2, 0.25) is 4.96 Å². The van der Waals surface area contributed by atoms with Crippen molar-refractivity contribution in [2.75, 3.05) is 0 Å². The zero-order chi connectivity index (χ0) is 26.2. The number of ether oxygens (including phenoxy) is 1. The molecule has 0 atom stereocenters. The molecule has 0 saturated carbocycles. The van der Waals surface area contributed by atoms with Crippen molar-refractivity contribution in [3.05, 3.63) is 111 Å². The summed E-state index contributed by atoms with van der Waals surface area (Å²) in [5.41, 5.74) is 5.29. The number of fused-ring (bicyclic) bond motifs is 1. The van der Waals surface area contributed by atoms with Crippen molar-refractivity contribution in [3.63, 3.8) is 0 Å². The molecule has 8 heteroatoms. The quantitative estimate of drug-likeness (QED) is 0.298. The minimum Gasteiger partial charge on any atom is -0.491 e. The van der Waals surface area contributed by atoms with Crippen LogP contribution in [0.5, 0.6) is 5.75 Å². The Morgan fingerprint density at radius 1 is 0.895 bits per heavy atom. The van der Waals surface area contributed by atoms with E-state index in [1.54, 1.807) is 0 Å². The molecule has 38 heavy (non-hydrogen) atoms. The van der Waals surface area contributed by atoms with Crippen molar-refractivity contribution in [1.82, 2.24) is 24.4 Å². The minimum absolute atomic E-state index is 0.0929. The maximum Gasteiger partial charge on any atom is 0.291 e. The standard InChI is InChI=1S/C30H25N5O2S/c1-19(2)37-25-15-13-21(14-16-25)27-23(18-34(32-27)24-7-5-4-6-8-24)17-26-29(36)35-30(38-26)31-28(33-35)22-11-9-20(3)10-12-22/h4-19H,1-3H3. The molecular weight excluding hydrogens is 494 g/mol. The molecule has 0 saturated heterocycles. The molecule has 3 aromatic carbocycles. The van der Waals surface area contributed by atoms with E-state index in [0.29, 0.717) is 15.3 Å². The molecule has 0 amide bonds. The van der Waals surface area contributed by atoms with Crippen LogP contribution in [0.2, 0.25) is 0 Å². The molecule has 188 valence electrons. The van der Waals surface area contributed by atoms with Gasteiger partial charge in [-0.05, 0) is 63.2 Å². The van der Waals surface area contributed by atoms with E-state index in [2.05, 4.69) is 10.1 Å². The molecule has 0 aliphatic heterocycles. The van der Waals surface area contributed by atoms with Gasteiger partial charge < -0.3 is 4.74 Å². The van der Waals surface area contributed by atoms with Crippen LogP contribution in [0.25, 0.3) is 39.4 Å². The highest BCUT2D eigenvalue weighted by molar-refractivity contribution is 7.15. The average Bonchev–Trinajstić information content (AvgIpc) is 3.60. The summed E-state index contributed by atoms with van der Waals surface area (Å²) < 4.78 is 9.56. The third-order valence-electron chi connectivity index (χ3n) is 6.04. The Balaban J connectivity index is 1.44. The molecule has 6 rings (SSSR count). The van der Waals surface area contributed by atoms with Gasteiger partial charge in [0, 0.05) is 22.9 Å². The molecule has 0 bridgehead atoms. The second-order valence-electron chi connectivity index (χ2n) is 9.32. The summed E-state index contributed by atoms with van der Waals surface area (Å²) in [6, 6.07) is 25.7. The number of aromatic nitrogens is 5. The third-order valence-corrected chi connectivity index (χ3v) is 7.00. The highest BCUT2D eigenvalue weighted by Gasteiger charge is 2.15. The Labute approximate surface area is 223 Å². The van der Waals surface area contributed by atoms with Crippen LogP contribution in [0.4, 0.5) is 0 Å². The second-order valence-corrected chi connectivity index (χ2v) is 10.3. The topological polar surface area (TPSA) is 74.3 Å². The lowest BCUT2D eigenvalue weighted by Gasteiger charge is -2.09. The fourth-order valence-corrected chi connectivity index (χ4v) is 5.09. The largest absolute Gasteiger partial charge is 0.491 e. The molecule has 0 radical (unpaired) electrons. The highest BCUT2D eigenvalue weighted by Crippen LogP contribution is 2.27. The van der Waals surface area contributed by atoms with Crippen molar-refractivity contribution in [3.8, 4) is 34.1 Å². The summed E-state index contributed by atoms with van der Waals surface area (Å²) in [7, 11) is 0. The minimum atomic E-state index is -0.199. The Morgan fingerprint density at radius 3 is 2.29 bits per heavy atom. The smallest absolute Gasteiger partial charge is 0.291 e. The van der Waals surface area contributed by atoms with Crippen LogP contribution in [0.1, 0.15) is 25.0 Å². The second kappa shape index (κ2) is 9.72. The van der Waals surface area contributed by atoms with Gasteiger partial charge in [-0.25, -0.2) is 4.68 Å². The summed E-state index contributed by atoms with van der Waals surface area (Å²) in [6.07, 6.45) is 3.90. The van der Waals surface area contributed by atoms with Gasteiger partial charge in [-0.2, -0.15) is 14.6 Å². The maximum atomic E-state index is 13.3. The number of nitrogens with zero attached hydrogens (tertiary/aromatic N) is 5. The Bertz CT molecular complexity index is 1830. The molecule has 0 aliphatic carbocycles. The average molecular weight is 520 g/mol. The number of para-hydroxylation sites is 1. The molecule has 0 spiro atoms. The van der Waals surface area contributed by atoms with E-state index in [-0.39, 0.29) is 11.7 Å². The lowest BCUT2D eigenvalue weighted by atomic mass is 10.1. The first kappa shape index (κ1) is 23.8. The molecule has 3 heterocycles. The van der Waals surface area contributed by atoms with Gasteiger partial charge in [-0.3, -0.25) is 4.79 Å². The van der Waals surface area contributed by atoms with E-state index < -0.39 is 0 Å². The zero-order valence-corrected chi connectivity index (χ0v) is 22.0. The summed E-state index contributed by atoms with van der Waals surface area (Å²) in [5.74, 6) is 1.34. The van der Waals surface area contributed by atoms with Gasteiger partial charge in [-0.1, -0.05) is 59.4 Å². The first-order valence-electron chi connectivity index (χ1n) is 12.3. The lowest BCUT2D eigenvalue weighted by molar-refractivity contribution is 0.242. The van der Waals surface area contributed by atoms with Crippen LogP contribution in [0, 0.1) is 6.92 Å². The van der Waals surface area contributed by atoms with Crippen LogP contribution in [0.15, 0.2) is 89.9 Å². The zero-order valence-electron chi connectivity index (χ0n) is 21.2. The van der Waals surface area contributed by atoms with Crippen LogP contribution >= 0.6 is 11.3 Å². The van der Waals surface area contributed by atoms with E-state index >= 15 is 0 Å². The summed E-state index contributed by atoms with van der Waals surface area (Å²) in [4.78, 5) is 18.5. The number of thiazole rings is 1. The van der Waals surface area contributed by atoms with Crippen molar-refractivity contribution < 1.29 is 4.74 Å². The third kappa shape index (κ3) is 4.62. The van der Waals surface area contributed by atoms with E-state index in [1.807, 2.05) is 117 Å². The number of rotatable bonds is 6. The van der Waals surface area contributed by atoms with Crippen molar-refractivity contribution in [1.29, 1.82) is 0 Å². The number of hydrogen-bond donors (Lipinski definition) is 0. The molecular formula is C30H25N5O2S. The van der Waals surface area contributed by atoms with Gasteiger partial charge in [0.05, 0.1) is 16.3 Å². The number of aryl methyl sites for hydroxylation is 1. The number of hydrogen-bond acceptors (Lipinski definition) is 6. The number of benzene rings is 3. The van der Waals surface area contributed by atoms with Crippen LogP contribution < -0.4 is 14.8 Å². The molecule has 0 unspecified atom stereocenters. The van der Waals surface area contributed by atoms with Crippen molar-refractivity contribution >= 4 is 22.4 Å². The molecule has 0 fully saturated rings. The maximum absolute atomic E-state index is 13.3. The summed E-state index contributed by atoms with van der Waals surface area (Å²) in [5, 5.41) is 9.37.